The first-order valence-electron chi connectivity index (χ1n) is 12.7. The topological polar surface area (TPSA) is 95.4 Å². The van der Waals surface area contributed by atoms with E-state index >= 15 is 0 Å². The summed E-state index contributed by atoms with van der Waals surface area (Å²) in [7, 11) is 1.72. The predicted octanol–water partition coefficient (Wildman–Crippen LogP) is 4.62. The molecule has 0 bridgehead atoms. The molecule has 1 fully saturated rings. The van der Waals surface area contributed by atoms with Gasteiger partial charge in [-0.15, -0.1) is 0 Å². The molecule has 1 unspecified atom stereocenters. The zero-order valence-electron chi connectivity index (χ0n) is 21.8. The van der Waals surface area contributed by atoms with Crippen molar-refractivity contribution in [2.75, 3.05) is 18.0 Å². The van der Waals surface area contributed by atoms with Crippen LogP contribution in [0.1, 0.15) is 56.1 Å². The average molecular weight is 584 g/mol. The summed E-state index contributed by atoms with van der Waals surface area (Å²) in [6.07, 6.45) is 3.87. The molecule has 9 nitrogen and oxygen atoms in total. The molecular weight excluding hydrogens is 552 g/mol. The number of anilines is 1. The lowest BCUT2D eigenvalue weighted by atomic mass is 9.98. The Bertz CT molecular complexity index is 1570. The maximum absolute atomic E-state index is 13.2. The fraction of sp³-hybridized carbons (Fsp3) is 0.500. The van der Waals surface area contributed by atoms with E-state index in [-0.39, 0.29) is 30.1 Å². The first-order chi connectivity index (χ1) is 17.8. The van der Waals surface area contributed by atoms with E-state index in [9.17, 15) is 10.1 Å². The van der Waals surface area contributed by atoms with Crippen LogP contribution >= 0.6 is 27.3 Å². The van der Waals surface area contributed by atoms with Gasteiger partial charge in [-0.3, -0.25) is 9.69 Å². The summed E-state index contributed by atoms with van der Waals surface area (Å²) in [6.45, 7) is 10.3. The van der Waals surface area contributed by atoms with E-state index in [1.807, 2.05) is 6.92 Å². The number of nitriles is 1. The number of fused-ring (bicyclic) bond motifs is 2. The van der Waals surface area contributed by atoms with Crippen LogP contribution in [0.5, 0.6) is 0 Å². The fourth-order valence-corrected chi connectivity index (χ4v) is 6.90. The number of hydrogen-bond donors (Lipinski definition) is 0. The van der Waals surface area contributed by atoms with Crippen LogP contribution in [0.4, 0.5) is 5.69 Å². The molecule has 5 rings (SSSR count). The second-order valence-corrected chi connectivity index (χ2v) is 11.6. The number of pyridine rings is 1. The first kappa shape index (κ1) is 25.8. The monoisotopic (exact) mass is 582 g/mol. The van der Waals surface area contributed by atoms with E-state index in [2.05, 4.69) is 69.7 Å². The molecule has 5 heterocycles. The van der Waals surface area contributed by atoms with Gasteiger partial charge >= 0.3 is 0 Å². The zero-order chi connectivity index (χ0) is 26.4. The van der Waals surface area contributed by atoms with Gasteiger partial charge in [-0.05, 0) is 54.8 Å². The summed E-state index contributed by atoms with van der Waals surface area (Å²) in [6, 6.07) is 6.95. The van der Waals surface area contributed by atoms with Crippen LogP contribution in [-0.2, 0) is 13.5 Å². The molecule has 0 amide bonds. The molecule has 0 spiro atoms. The maximum Gasteiger partial charge on any atom is 0.281 e. The smallest absolute Gasteiger partial charge is 0.281 e. The second kappa shape index (κ2) is 10.2. The fourth-order valence-electron chi connectivity index (χ4n) is 5.44. The lowest BCUT2D eigenvalue weighted by molar-refractivity contribution is 0.0992. The Kier molecular flexibility index (Phi) is 7.09. The maximum atomic E-state index is 13.2. The molecule has 11 heteroatoms. The number of halogens is 1. The van der Waals surface area contributed by atoms with Gasteiger partial charge in [-0.1, -0.05) is 25.2 Å². The van der Waals surface area contributed by atoms with Gasteiger partial charge < -0.3 is 4.90 Å². The summed E-state index contributed by atoms with van der Waals surface area (Å²) >= 11 is 5.25. The van der Waals surface area contributed by atoms with Crippen LogP contribution < -0.4 is 10.5 Å². The minimum atomic E-state index is -0.125. The third-order valence-electron chi connectivity index (χ3n) is 7.50. The van der Waals surface area contributed by atoms with Crippen molar-refractivity contribution in [2.45, 2.75) is 65.1 Å². The molecule has 3 atom stereocenters. The zero-order valence-corrected chi connectivity index (χ0v) is 24.2. The van der Waals surface area contributed by atoms with E-state index in [0.29, 0.717) is 15.8 Å². The minimum Gasteiger partial charge on any atom is -0.362 e. The van der Waals surface area contributed by atoms with Crippen molar-refractivity contribution >= 4 is 48.9 Å². The quantitative estimate of drug-likeness (QED) is 0.327. The van der Waals surface area contributed by atoms with Crippen LogP contribution in [0.3, 0.4) is 0 Å². The van der Waals surface area contributed by atoms with Gasteiger partial charge in [0.15, 0.2) is 5.65 Å². The highest BCUT2D eigenvalue weighted by Crippen LogP contribution is 2.36. The number of aromatic nitrogens is 5. The van der Waals surface area contributed by atoms with E-state index < -0.39 is 0 Å². The number of thiazole rings is 1. The molecule has 0 saturated carbocycles. The summed E-state index contributed by atoms with van der Waals surface area (Å²) < 4.78 is 3.82. The number of imidazole rings is 1. The Morgan fingerprint density at radius 2 is 1.95 bits per heavy atom. The number of hydrogen-bond acceptors (Lipinski definition) is 8. The molecule has 0 radical (unpaired) electrons. The highest BCUT2D eigenvalue weighted by molar-refractivity contribution is 9.10. The Morgan fingerprint density at radius 3 is 2.65 bits per heavy atom. The Balaban J connectivity index is 1.54. The predicted molar refractivity (Wildman–Crippen MR) is 150 cm³/mol. The van der Waals surface area contributed by atoms with Crippen molar-refractivity contribution in [3.05, 3.63) is 49.6 Å². The lowest BCUT2D eigenvalue weighted by Crippen LogP contribution is -2.59. The minimum absolute atomic E-state index is 0.125. The number of aryl methyl sites for hydroxylation is 2. The highest BCUT2D eigenvalue weighted by atomic mass is 79.9. The molecule has 37 heavy (non-hydrogen) atoms. The van der Waals surface area contributed by atoms with Gasteiger partial charge in [0.25, 0.3) is 5.56 Å². The molecule has 1 aliphatic rings. The molecule has 1 aliphatic heterocycles. The molecule has 0 N–H and O–H groups in total. The van der Waals surface area contributed by atoms with Gasteiger partial charge in [-0.25, -0.2) is 24.1 Å². The van der Waals surface area contributed by atoms with Crippen molar-refractivity contribution < 1.29 is 0 Å². The Hall–Kier alpha value is -2.81. The van der Waals surface area contributed by atoms with Crippen molar-refractivity contribution in [1.29, 1.82) is 5.26 Å². The van der Waals surface area contributed by atoms with Gasteiger partial charge in [0.05, 0.1) is 35.1 Å². The molecule has 194 valence electrons. The molecule has 4 aromatic rings. The third kappa shape index (κ3) is 4.45. The number of nitrogens with zero attached hydrogens (tertiary/aromatic N) is 8. The average Bonchev–Trinajstić information content (AvgIpc) is 3.48. The molecule has 0 aliphatic carbocycles. The van der Waals surface area contributed by atoms with Crippen LogP contribution in [0.15, 0.2) is 27.6 Å². The summed E-state index contributed by atoms with van der Waals surface area (Å²) in [5.74, 6) is 0. The Labute approximate surface area is 228 Å². The van der Waals surface area contributed by atoms with E-state index in [1.54, 1.807) is 29.1 Å². The van der Waals surface area contributed by atoms with E-state index in [1.165, 1.54) is 4.68 Å². The van der Waals surface area contributed by atoms with Crippen molar-refractivity contribution in [1.82, 2.24) is 29.0 Å². The van der Waals surface area contributed by atoms with Gasteiger partial charge in [-0.2, -0.15) is 5.26 Å². The molecule has 0 aromatic carbocycles. The molecule has 4 aromatic heterocycles. The van der Waals surface area contributed by atoms with Gasteiger partial charge in [0.2, 0.25) is 0 Å². The molecule has 1 saturated heterocycles. The number of piperazine rings is 1. The van der Waals surface area contributed by atoms with Crippen LogP contribution in [0, 0.1) is 18.3 Å². The summed E-state index contributed by atoms with van der Waals surface area (Å²) in [5.41, 5.74) is 4.05. The van der Waals surface area contributed by atoms with Crippen LogP contribution in [0.25, 0.3) is 16.0 Å². The van der Waals surface area contributed by atoms with E-state index in [4.69, 9.17) is 9.97 Å². The summed E-state index contributed by atoms with van der Waals surface area (Å²) in [4.78, 5) is 33.4. The van der Waals surface area contributed by atoms with Crippen LogP contribution in [-0.4, -0.2) is 54.2 Å². The van der Waals surface area contributed by atoms with Gasteiger partial charge in [0, 0.05) is 38.3 Å². The second-order valence-electron chi connectivity index (χ2n) is 9.67. The first-order valence-corrected chi connectivity index (χ1v) is 14.3. The summed E-state index contributed by atoms with van der Waals surface area (Å²) in [5, 5.41) is 10.3. The highest BCUT2D eigenvalue weighted by Gasteiger charge is 2.38. The SMILES string of the molecule is CC[C@H]1CN(C(C)c2ccc3nc(C)sc3n2)[C@H](CC)CN1c1c(Br)c(=O)n(C)n2cc(CC#N)nc12. The largest absolute Gasteiger partial charge is 0.362 e. The van der Waals surface area contributed by atoms with Crippen molar-refractivity contribution in [2.24, 2.45) is 7.05 Å². The number of rotatable bonds is 6. The van der Waals surface area contributed by atoms with Gasteiger partial charge in [0.1, 0.15) is 20.5 Å². The van der Waals surface area contributed by atoms with Crippen molar-refractivity contribution in [3.8, 4) is 6.07 Å². The third-order valence-corrected chi connectivity index (χ3v) is 9.10. The van der Waals surface area contributed by atoms with E-state index in [0.717, 1.165) is 52.7 Å². The standard InChI is InChI=1S/C26H31BrN8OS/c1-6-18-14-34(23-22(27)26(36)32(5)35-12-17(10-11-28)30-24(23)35)19(7-2)13-33(18)15(3)20-8-9-21-25(31-20)37-16(4)29-21/h8-9,12,15,18-19H,6-7,10,13-14H2,1-5H3/t15?,18-,19+/m1/s1. The Morgan fingerprint density at radius 1 is 1.19 bits per heavy atom. The van der Waals surface area contributed by atoms with Crippen LogP contribution in [0.2, 0.25) is 0 Å². The van der Waals surface area contributed by atoms with Crippen molar-refractivity contribution in [3.63, 3.8) is 0 Å². The normalized spacial score (nSPS) is 19.5. The lowest BCUT2D eigenvalue weighted by Gasteiger charge is -2.49. The molecular formula is C26H31BrN8OS.